The molecule has 0 fully saturated rings. The first-order valence-corrected chi connectivity index (χ1v) is 4.82. The Kier molecular flexibility index (Phi) is 1.96. The summed E-state index contributed by atoms with van der Waals surface area (Å²) in [6, 6.07) is 0. The Bertz CT molecular complexity index is 420. The van der Waals surface area contributed by atoms with Gasteiger partial charge in [-0.2, -0.15) is 0 Å². The topological polar surface area (TPSA) is 57.8 Å². The molecule has 1 aromatic heterocycles. The maximum Gasteiger partial charge on any atom is 0.255 e. The van der Waals surface area contributed by atoms with Gasteiger partial charge in [0.15, 0.2) is 0 Å². The van der Waals surface area contributed by atoms with Gasteiger partial charge in [0, 0.05) is 18.5 Å². The summed E-state index contributed by atoms with van der Waals surface area (Å²) in [5.41, 5.74) is 1.76. The predicted molar refractivity (Wildman–Crippen MR) is 54.2 cm³/mol. The number of aromatic amines is 1. The van der Waals surface area contributed by atoms with E-state index in [9.17, 15) is 4.79 Å². The van der Waals surface area contributed by atoms with E-state index in [0.717, 1.165) is 17.7 Å². The van der Waals surface area contributed by atoms with Crippen LogP contribution in [-0.4, -0.2) is 15.5 Å². The minimum absolute atomic E-state index is 0.00417. The average Bonchev–Trinajstić information content (AvgIpc) is 2.00. The third-order valence-electron chi connectivity index (χ3n) is 2.57. The quantitative estimate of drug-likeness (QED) is 0.631. The molecule has 4 nitrogen and oxygen atoms in total. The van der Waals surface area contributed by atoms with E-state index in [0.29, 0.717) is 12.4 Å². The zero-order valence-corrected chi connectivity index (χ0v) is 8.77. The van der Waals surface area contributed by atoms with Gasteiger partial charge in [0.1, 0.15) is 5.82 Å². The monoisotopic (exact) mass is 193 g/mol. The minimum atomic E-state index is -0.00417. The molecule has 1 aromatic rings. The van der Waals surface area contributed by atoms with Gasteiger partial charge >= 0.3 is 0 Å². The van der Waals surface area contributed by atoms with E-state index in [-0.39, 0.29) is 11.1 Å². The number of fused-ring (bicyclic) bond motifs is 1. The lowest BCUT2D eigenvalue weighted by Crippen LogP contribution is -2.47. The zero-order valence-electron chi connectivity index (χ0n) is 8.77. The second-order valence-corrected chi connectivity index (χ2v) is 4.49. The summed E-state index contributed by atoms with van der Waals surface area (Å²) in [6.45, 7) is 6.67. The van der Waals surface area contributed by atoms with Crippen molar-refractivity contribution < 1.29 is 0 Å². The van der Waals surface area contributed by atoms with Gasteiger partial charge in [-0.25, -0.2) is 4.98 Å². The van der Waals surface area contributed by atoms with Crippen LogP contribution in [-0.2, 0) is 13.0 Å². The molecule has 14 heavy (non-hydrogen) atoms. The van der Waals surface area contributed by atoms with Crippen molar-refractivity contribution in [1.29, 1.82) is 0 Å². The van der Waals surface area contributed by atoms with Crippen LogP contribution < -0.4 is 10.9 Å². The largest absolute Gasteiger partial charge is 0.310 e. The summed E-state index contributed by atoms with van der Waals surface area (Å²) >= 11 is 0. The van der Waals surface area contributed by atoms with Crippen LogP contribution in [0.5, 0.6) is 0 Å². The van der Waals surface area contributed by atoms with Gasteiger partial charge in [-0.15, -0.1) is 0 Å². The van der Waals surface area contributed by atoms with Gasteiger partial charge in [0.05, 0.1) is 11.3 Å². The first-order chi connectivity index (χ1) is 6.48. The maximum absolute atomic E-state index is 11.6. The molecule has 0 saturated heterocycles. The zero-order chi connectivity index (χ0) is 10.3. The number of hydrogen-bond acceptors (Lipinski definition) is 3. The maximum atomic E-state index is 11.6. The summed E-state index contributed by atoms with van der Waals surface area (Å²) in [6.07, 6.45) is 0.813. The van der Waals surface area contributed by atoms with E-state index < -0.39 is 0 Å². The Morgan fingerprint density at radius 2 is 2.14 bits per heavy atom. The van der Waals surface area contributed by atoms with E-state index in [1.807, 2.05) is 6.92 Å². The van der Waals surface area contributed by atoms with Gasteiger partial charge in [0.25, 0.3) is 5.56 Å². The van der Waals surface area contributed by atoms with Crippen molar-refractivity contribution in [2.24, 2.45) is 0 Å². The van der Waals surface area contributed by atoms with Crippen LogP contribution in [0.15, 0.2) is 4.79 Å². The fraction of sp³-hybridized carbons (Fsp3) is 0.600. The van der Waals surface area contributed by atoms with Crippen molar-refractivity contribution in [3.05, 3.63) is 27.4 Å². The van der Waals surface area contributed by atoms with E-state index in [1.54, 1.807) is 0 Å². The molecule has 4 heteroatoms. The van der Waals surface area contributed by atoms with Crippen molar-refractivity contribution in [1.82, 2.24) is 15.3 Å². The highest BCUT2D eigenvalue weighted by atomic mass is 16.1. The third kappa shape index (κ3) is 1.57. The van der Waals surface area contributed by atoms with Crippen LogP contribution in [0.25, 0.3) is 0 Å². The van der Waals surface area contributed by atoms with Gasteiger partial charge in [-0.1, -0.05) is 0 Å². The summed E-state index contributed by atoms with van der Waals surface area (Å²) in [4.78, 5) is 18.7. The molecule has 0 unspecified atom stereocenters. The Labute approximate surface area is 82.8 Å². The Morgan fingerprint density at radius 3 is 2.86 bits per heavy atom. The molecule has 1 aliphatic heterocycles. The lowest BCUT2D eigenvalue weighted by molar-refractivity contribution is 0.355. The number of nitrogens with one attached hydrogen (secondary N) is 2. The fourth-order valence-corrected chi connectivity index (χ4v) is 1.81. The Hall–Kier alpha value is -1.16. The van der Waals surface area contributed by atoms with Crippen molar-refractivity contribution >= 4 is 0 Å². The third-order valence-corrected chi connectivity index (χ3v) is 2.57. The number of rotatable bonds is 0. The molecule has 0 saturated carbocycles. The Balaban J connectivity index is 2.52. The first kappa shape index (κ1) is 9.40. The molecular formula is C10H15N3O. The van der Waals surface area contributed by atoms with Gasteiger partial charge in [0.2, 0.25) is 0 Å². The highest BCUT2D eigenvalue weighted by Crippen LogP contribution is 2.18. The predicted octanol–water partition coefficient (Wildman–Crippen LogP) is 0.503. The van der Waals surface area contributed by atoms with Gasteiger partial charge in [-0.05, 0) is 20.8 Å². The van der Waals surface area contributed by atoms with Crippen LogP contribution in [0, 0.1) is 6.92 Å². The van der Waals surface area contributed by atoms with E-state index in [4.69, 9.17) is 0 Å². The molecule has 0 amide bonds. The van der Waals surface area contributed by atoms with Gasteiger partial charge in [-0.3, -0.25) is 4.79 Å². The number of aryl methyl sites for hydroxylation is 1. The Morgan fingerprint density at radius 1 is 1.43 bits per heavy atom. The first-order valence-electron chi connectivity index (χ1n) is 4.82. The molecule has 0 radical (unpaired) electrons. The molecule has 0 aromatic carbocycles. The fourth-order valence-electron chi connectivity index (χ4n) is 1.81. The molecule has 0 aliphatic carbocycles. The van der Waals surface area contributed by atoms with Crippen LogP contribution in [0.4, 0.5) is 0 Å². The molecule has 2 heterocycles. The molecule has 76 valence electrons. The second-order valence-electron chi connectivity index (χ2n) is 4.49. The summed E-state index contributed by atoms with van der Waals surface area (Å²) in [5, 5.41) is 3.31. The summed E-state index contributed by atoms with van der Waals surface area (Å²) in [7, 11) is 0. The van der Waals surface area contributed by atoms with Crippen LogP contribution >= 0.6 is 0 Å². The van der Waals surface area contributed by atoms with E-state index in [2.05, 4.69) is 29.1 Å². The van der Waals surface area contributed by atoms with Crippen molar-refractivity contribution in [2.45, 2.75) is 39.3 Å². The standard InChI is InChI=1S/C10H15N3O/c1-6-12-8-4-10(2,3)11-5-7(8)9(14)13-6/h11H,4-5H2,1-3H3,(H,12,13,14). The molecule has 1 aliphatic rings. The number of aromatic nitrogens is 2. The highest BCUT2D eigenvalue weighted by Gasteiger charge is 2.27. The minimum Gasteiger partial charge on any atom is -0.310 e. The number of nitrogens with zero attached hydrogens (tertiary/aromatic N) is 1. The molecule has 0 spiro atoms. The van der Waals surface area contributed by atoms with Crippen LogP contribution in [0.2, 0.25) is 0 Å². The van der Waals surface area contributed by atoms with Crippen molar-refractivity contribution in [3.8, 4) is 0 Å². The molecule has 2 rings (SSSR count). The van der Waals surface area contributed by atoms with Crippen LogP contribution in [0.1, 0.15) is 30.9 Å². The molecule has 0 bridgehead atoms. The molecule has 2 N–H and O–H groups in total. The normalized spacial score (nSPS) is 19.1. The van der Waals surface area contributed by atoms with Gasteiger partial charge < -0.3 is 10.3 Å². The highest BCUT2D eigenvalue weighted by molar-refractivity contribution is 5.23. The smallest absolute Gasteiger partial charge is 0.255 e. The summed E-state index contributed by atoms with van der Waals surface area (Å²) < 4.78 is 0. The summed E-state index contributed by atoms with van der Waals surface area (Å²) in [5.74, 6) is 0.700. The lowest BCUT2D eigenvalue weighted by Gasteiger charge is -2.31. The second kappa shape index (κ2) is 2.92. The van der Waals surface area contributed by atoms with Crippen molar-refractivity contribution in [3.63, 3.8) is 0 Å². The lowest BCUT2D eigenvalue weighted by atomic mass is 9.92. The SMILES string of the molecule is Cc1nc2c(c(=O)[nH]1)CNC(C)(C)C2. The van der Waals surface area contributed by atoms with Crippen molar-refractivity contribution in [2.75, 3.05) is 0 Å². The van der Waals surface area contributed by atoms with E-state index in [1.165, 1.54) is 0 Å². The average molecular weight is 193 g/mol. The van der Waals surface area contributed by atoms with E-state index >= 15 is 0 Å². The molecule has 0 atom stereocenters. The molecular weight excluding hydrogens is 178 g/mol. The number of hydrogen-bond donors (Lipinski definition) is 2. The van der Waals surface area contributed by atoms with Crippen LogP contribution in [0.3, 0.4) is 0 Å². The number of H-pyrrole nitrogens is 1.